The molecule has 0 fully saturated rings. The summed E-state index contributed by atoms with van der Waals surface area (Å²) < 4.78 is 32.7. The number of carbonyl (C=O) groups excluding carboxylic acids is 1. The van der Waals surface area contributed by atoms with Crippen molar-refractivity contribution >= 4 is 33.4 Å². The predicted octanol–water partition coefficient (Wildman–Crippen LogP) is 4.68. The lowest BCUT2D eigenvalue weighted by atomic mass is 10.1. The van der Waals surface area contributed by atoms with Gasteiger partial charge in [0.05, 0.1) is 0 Å². The summed E-state index contributed by atoms with van der Waals surface area (Å²) in [4.78, 5) is 16.9. The molecule has 0 heterocycles. The number of carbonyl (C=O) groups is 1. The van der Waals surface area contributed by atoms with Crippen LogP contribution in [0.2, 0.25) is 0 Å². The molecule has 0 radical (unpaired) electrons. The molecule has 2 rings (SSSR count). The van der Waals surface area contributed by atoms with E-state index in [9.17, 15) is 17.8 Å². The lowest BCUT2D eigenvalue weighted by molar-refractivity contribution is 0.104. The molecule has 0 bridgehead atoms. The highest BCUT2D eigenvalue weighted by atomic mass is 32.2. The van der Waals surface area contributed by atoms with Crippen LogP contribution in [0, 0.1) is 0 Å². The normalized spacial score (nSPS) is 11.2. The Morgan fingerprint density at radius 2 is 1.62 bits per heavy atom. The van der Waals surface area contributed by atoms with Gasteiger partial charge in [-0.25, -0.2) is 0 Å². The van der Waals surface area contributed by atoms with Gasteiger partial charge in [0, 0.05) is 26.8 Å². The second kappa shape index (κ2) is 7.97. The van der Waals surface area contributed by atoms with E-state index in [1.165, 1.54) is 48.5 Å². The van der Waals surface area contributed by atoms with Gasteiger partial charge in [0.2, 0.25) is 5.78 Å². The van der Waals surface area contributed by atoms with E-state index in [1.807, 2.05) is 0 Å². The zero-order valence-electron chi connectivity index (χ0n) is 13.0. The molecular formula is C15H10N6O4S. The molecule has 0 atom stereocenters. The van der Waals surface area contributed by atoms with Gasteiger partial charge in [-0.2, -0.15) is 8.42 Å². The third-order valence-electron chi connectivity index (χ3n) is 3.12. The van der Waals surface area contributed by atoms with Crippen molar-refractivity contribution in [1.29, 1.82) is 0 Å². The number of hydrogen-bond acceptors (Lipinski definition) is 5. The van der Waals surface area contributed by atoms with Crippen molar-refractivity contribution in [2.45, 2.75) is 0 Å². The number of nitrogens with zero attached hydrogens (tertiary/aromatic N) is 6. The first-order chi connectivity index (χ1) is 12.3. The molecule has 0 aliphatic heterocycles. The van der Waals surface area contributed by atoms with Gasteiger partial charge in [0.25, 0.3) is 10.1 Å². The van der Waals surface area contributed by atoms with Gasteiger partial charge in [-0.05, 0) is 28.8 Å². The van der Waals surface area contributed by atoms with Crippen molar-refractivity contribution in [3.05, 3.63) is 85.4 Å². The third-order valence-corrected chi connectivity index (χ3v) is 3.98. The van der Waals surface area contributed by atoms with Crippen molar-refractivity contribution in [2.75, 3.05) is 0 Å². The summed E-state index contributed by atoms with van der Waals surface area (Å²) in [6.45, 7) is 0. The molecule has 1 N–H and O–H groups in total. The highest BCUT2D eigenvalue weighted by Gasteiger charge is 2.24. The summed E-state index contributed by atoms with van der Waals surface area (Å²) in [6.07, 6.45) is 0.984. The molecule has 0 saturated carbocycles. The molecule has 0 aliphatic rings. The van der Waals surface area contributed by atoms with E-state index in [1.54, 1.807) is 0 Å². The van der Waals surface area contributed by atoms with Crippen LogP contribution in [0.5, 0.6) is 0 Å². The summed E-state index contributed by atoms with van der Waals surface area (Å²) in [5, 5.41) is 6.71. The molecule has 2 aromatic rings. The fraction of sp³-hybridized carbons (Fsp3) is 0. The number of ketones is 1. The van der Waals surface area contributed by atoms with Gasteiger partial charge in [-0.3, -0.25) is 9.35 Å². The number of azide groups is 2. The Kier molecular flexibility index (Phi) is 5.74. The summed E-state index contributed by atoms with van der Waals surface area (Å²) in [5.74, 6) is -0.971. The molecule has 0 saturated heterocycles. The van der Waals surface area contributed by atoms with Crippen LogP contribution in [0.3, 0.4) is 0 Å². The van der Waals surface area contributed by atoms with E-state index in [0.29, 0.717) is 5.69 Å². The molecular weight excluding hydrogens is 360 g/mol. The van der Waals surface area contributed by atoms with Crippen molar-refractivity contribution in [3.63, 3.8) is 0 Å². The Balaban J connectivity index is 2.50. The average molecular weight is 370 g/mol. The molecule has 2 aromatic carbocycles. The largest absolute Gasteiger partial charge is 0.298 e. The van der Waals surface area contributed by atoms with E-state index in [0.717, 1.165) is 6.08 Å². The number of benzene rings is 2. The van der Waals surface area contributed by atoms with Crippen molar-refractivity contribution in [1.82, 2.24) is 0 Å². The lowest BCUT2D eigenvalue weighted by Gasteiger charge is -2.05. The molecule has 11 heteroatoms. The molecule has 0 unspecified atom stereocenters. The first-order valence-electron chi connectivity index (χ1n) is 6.89. The number of allylic oxidation sites excluding steroid dienone is 1. The fourth-order valence-electron chi connectivity index (χ4n) is 2.00. The smallest absolute Gasteiger partial charge is 0.288 e. The summed E-state index contributed by atoms with van der Waals surface area (Å²) in [7, 11) is -4.83. The maximum Gasteiger partial charge on any atom is 0.298 e. The van der Waals surface area contributed by atoms with Crippen LogP contribution >= 0.6 is 0 Å². The Morgan fingerprint density at radius 1 is 1.00 bits per heavy atom. The van der Waals surface area contributed by atoms with Crippen LogP contribution in [0.1, 0.15) is 15.9 Å². The summed E-state index contributed by atoms with van der Waals surface area (Å²) in [6, 6.07) is 11.0. The third kappa shape index (κ3) is 4.69. The van der Waals surface area contributed by atoms with E-state index < -0.39 is 20.8 Å². The van der Waals surface area contributed by atoms with Gasteiger partial charge >= 0.3 is 0 Å². The van der Waals surface area contributed by atoms with Gasteiger partial charge in [0.15, 0.2) is 0 Å². The van der Waals surface area contributed by atoms with Gasteiger partial charge in [-0.1, -0.05) is 52.7 Å². The molecule has 0 aliphatic carbocycles. The Labute approximate surface area is 147 Å². The minimum absolute atomic E-state index is 0.0792. The summed E-state index contributed by atoms with van der Waals surface area (Å²) >= 11 is 0. The number of Topliss-reactive ketones (excluding diaryl/α,β-unsaturated/α-hetero) is 1. The zero-order valence-corrected chi connectivity index (χ0v) is 13.8. The highest BCUT2D eigenvalue weighted by Crippen LogP contribution is 2.22. The predicted molar refractivity (Wildman–Crippen MR) is 94.4 cm³/mol. The molecule has 0 amide bonds. The van der Waals surface area contributed by atoms with Gasteiger partial charge < -0.3 is 0 Å². The Bertz CT molecular complexity index is 1080. The van der Waals surface area contributed by atoms with Crippen LogP contribution < -0.4 is 0 Å². The molecule has 10 nitrogen and oxygen atoms in total. The summed E-state index contributed by atoms with van der Waals surface area (Å²) in [5.41, 5.74) is 17.4. The average Bonchev–Trinajstić information content (AvgIpc) is 2.60. The van der Waals surface area contributed by atoms with E-state index >= 15 is 0 Å². The maximum atomic E-state index is 12.5. The topological polar surface area (TPSA) is 169 Å². The number of hydrogen-bond donors (Lipinski definition) is 1. The highest BCUT2D eigenvalue weighted by molar-refractivity contribution is 7.91. The van der Waals surface area contributed by atoms with Gasteiger partial charge in [-0.15, -0.1) is 0 Å². The standard InChI is InChI=1S/C15H10N6O4S/c16-20-18-12-6-4-10(5-7-12)8-14(26(23,24)25)15(22)11-2-1-3-13(9-11)19-21-17/h1-9H,(H,23,24,25)/b14-8-. The maximum absolute atomic E-state index is 12.5. The van der Waals surface area contributed by atoms with E-state index in [4.69, 9.17) is 11.1 Å². The van der Waals surface area contributed by atoms with Crippen LogP contribution in [-0.4, -0.2) is 18.8 Å². The minimum atomic E-state index is -4.83. The van der Waals surface area contributed by atoms with Crippen LogP contribution in [0.25, 0.3) is 27.0 Å². The Hall–Kier alpha value is -3.62. The quantitative estimate of drug-likeness (QED) is 0.194. The van der Waals surface area contributed by atoms with Crippen molar-refractivity contribution < 1.29 is 17.8 Å². The second-order valence-electron chi connectivity index (χ2n) is 4.83. The van der Waals surface area contributed by atoms with E-state index in [2.05, 4.69) is 20.1 Å². The molecule has 0 spiro atoms. The molecule has 0 aromatic heterocycles. The molecule has 130 valence electrons. The monoisotopic (exact) mass is 370 g/mol. The lowest BCUT2D eigenvalue weighted by Crippen LogP contribution is -2.13. The van der Waals surface area contributed by atoms with Crippen LogP contribution in [0.15, 0.2) is 63.7 Å². The Morgan fingerprint density at radius 3 is 2.19 bits per heavy atom. The SMILES string of the molecule is [N-]=[N+]=Nc1ccc(/C=C(/C(=O)c2cccc(N=[N+]=[N-])c2)S(=O)(=O)O)cc1. The first-order valence-corrected chi connectivity index (χ1v) is 8.33. The van der Waals surface area contributed by atoms with Crippen LogP contribution in [-0.2, 0) is 10.1 Å². The van der Waals surface area contributed by atoms with Crippen molar-refractivity contribution in [2.24, 2.45) is 10.2 Å². The first kappa shape index (κ1) is 18.7. The van der Waals surface area contributed by atoms with Crippen molar-refractivity contribution in [3.8, 4) is 0 Å². The zero-order chi connectivity index (χ0) is 19.2. The fourth-order valence-corrected chi connectivity index (χ4v) is 2.64. The second-order valence-corrected chi connectivity index (χ2v) is 6.22. The van der Waals surface area contributed by atoms with E-state index in [-0.39, 0.29) is 16.8 Å². The van der Waals surface area contributed by atoms with Gasteiger partial charge in [0.1, 0.15) is 4.91 Å². The number of rotatable bonds is 6. The molecule has 26 heavy (non-hydrogen) atoms. The minimum Gasteiger partial charge on any atom is -0.288 e. The van der Waals surface area contributed by atoms with Crippen LogP contribution in [0.4, 0.5) is 11.4 Å².